The van der Waals surface area contributed by atoms with Crippen molar-refractivity contribution < 1.29 is 33.5 Å². The molecule has 0 unspecified atom stereocenters. The molecule has 10 heteroatoms. The van der Waals surface area contributed by atoms with E-state index in [2.05, 4.69) is 5.32 Å². The molecule has 0 aliphatic heterocycles. The molecule has 0 saturated carbocycles. The lowest BCUT2D eigenvalue weighted by molar-refractivity contribution is -0.385. The Balaban J connectivity index is 2.23. The van der Waals surface area contributed by atoms with E-state index in [0.29, 0.717) is 11.4 Å². The van der Waals surface area contributed by atoms with E-state index in [1.54, 1.807) is 25.1 Å². The monoisotopic (exact) mass is 404 g/mol. The molecule has 0 spiro atoms. The first-order valence-electron chi connectivity index (χ1n) is 8.49. The molecule has 0 heterocycles. The maximum Gasteiger partial charge on any atom is 0.344 e. The maximum absolute atomic E-state index is 12.6. The highest BCUT2D eigenvalue weighted by Crippen LogP contribution is 2.35. The Bertz CT molecular complexity index is 913. The van der Waals surface area contributed by atoms with Crippen LogP contribution in [0.25, 0.3) is 0 Å². The molecule has 0 aliphatic rings. The number of methoxy groups -OCH3 is 2. The SMILES string of the molecule is CCOC(=O)COc1cccc(NC(=O)c2cc(OC)c(OC)cc2[N+](=O)[O-])c1. The van der Waals surface area contributed by atoms with Crippen molar-refractivity contribution in [3.8, 4) is 17.2 Å². The van der Waals surface area contributed by atoms with Gasteiger partial charge in [-0.2, -0.15) is 0 Å². The van der Waals surface area contributed by atoms with Crippen molar-refractivity contribution in [2.45, 2.75) is 6.92 Å². The van der Waals surface area contributed by atoms with E-state index in [1.165, 1.54) is 26.4 Å². The van der Waals surface area contributed by atoms with Gasteiger partial charge in [0.25, 0.3) is 11.6 Å². The van der Waals surface area contributed by atoms with Gasteiger partial charge in [-0.05, 0) is 19.1 Å². The highest BCUT2D eigenvalue weighted by molar-refractivity contribution is 6.07. The molecule has 0 radical (unpaired) electrons. The average Bonchev–Trinajstić information content (AvgIpc) is 2.71. The first-order valence-corrected chi connectivity index (χ1v) is 8.49. The summed E-state index contributed by atoms with van der Waals surface area (Å²) in [6.45, 7) is 1.64. The minimum atomic E-state index is -0.722. The first-order chi connectivity index (χ1) is 13.9. The molecule has 0 atom stereocenters. The summed E-state index contributed by atoms with van der Waals surface area (Å²) < 4.78 is 20.2. The second-order valence-corrected chi connectivity index (χ2v) is 5.56. The highest BCUT2D eigenvalue weighted by atomic mass is 16.6. The minimum absolute atomic E-state index is 0.130. The van der Waals surface area contributed by atoms with E-state index >= 15 is 0 Å². The third kappa shape index (κ3) is 5.58. The molecule has 1 N–H and O–H groups in total. The number of hydrogen-bond acceptors (Lipinski definition) is 8. The number of rotatable bonds is 9. The number of anilines is 1. The number of amides is 1. The summed E-state index contributed by atoms with van der Waals surface area (Å²) in [6.07, 6.45) is 0. The van der Waals surface area contributed by atoms with Gasteiger partial charge in [0.05, 0.1) is 31.8 Å². The molecule has 0 bridgehead atoms. The van der Waals surface area contributed by atoms with Gasteiger partial charge < -0.3 is 24.3 Å². The molecule has 154 valence electrons. The molecule has 10 nitrogen and oxygen atoms in total. The Morgan fingerprint density at radius 1 is 1.10 bits per heavy atom. The van der Waals surface area contributed by atoms with Crippen molar-refractivity contribution >= 4 is 23.3 Å². The van der Waals surface area contributed by atoms with E-state index in [1.807, 2.05) is 0 Å². The molecule has 2 aromatic carbocycles. The van der Waals surface area contributed by atoms with Crippen LogP contribution in [0.3, 0.4) is 0 Å². The Morgan fingerprint density at radius 3 is 2.41 bits per heavy atom. The molecule has 0 saturated heterocycles. The van der Waals surface area contributed by atoms with Gasteiger partial charge in [-0.15, -0.1) is 0 Å². The Labute approximate surface area is 166 Å². The molecule has 29 heavy (non-hydrogen) atoms. The average molecular weight is 404 g/mol. The maximum atomic E-state index is 12.6. The van der Waals surface area contributed by atoms with Crippen LogP contribution in [0.1, 0.15) is 17.3 Å². The summed E-state index contributed by atoms with van der Waals surface area (Å²) in [7, 11) is 2.69. The largest absolute Gasteiger partial charge is 0.493 e. The van der Waals surface area contributed by atoms with Crippen LogP contribution in [0.5, 0.6) is 17.2 Å². The fourth-order valence-electron chi connectivity index (χ4n) is 2.41. The quantitative estimate of drug-likeness (QED) is 0.384. The lowest BCUT2D eigenvalue weighted by Crippen LogP contribution is -2.16. The smallest absolute Gasteiger partial charge is 0.344 e. The summed E-state index contributed by atoms with van der Waals surface area (Å²) in [6, 6.07) is 8.58. The number of hydrogen-bond donors (Lipinski definition) is 1. The lowest BCUT2D eigenvalue weighted by atomic mass is 10.1. The van der Waals surface area contributed by atoms with Gasteiger partial charge in [-0.3, -0.25) is 14.9 Å². The van der Waals surface area contributed by atoms with Gasteiger partial charge in [0, 0.05) is 17.8 Å². The number of benzene rings is 2. The van der Waals surface area contributed by atoms with Crippen molar-refractivity contribution in [2.24, 2.45) is 0 Å². The Morgan fingerprint density at radius 2 is 1.79 bits per heavy atom. The van der Waals surface area contributed by atoms with Crippen LogP contribution in [0.15, 0.2) is 36.4 Å². The van der Waals surface area contributed by atoms with E-state index in [-0.39, 0.29) is 30.3 Å². The second kappa shape index (κ2) is 9.93. The van der Waals surface area contributed by atoms with E-state index in [0.717, 1.165) is 6.07 Å². The number of nitrogens with one attached hydrogen (secondary N) is 1. The fraction of sp³-hybridized carbons (Fsp3) is 0.263. The van der Waals surface area contributed by atoms with Crippen molar-refractivity contribution in [3.05, 3.63) is 52.1 Å². The normalized spacial score (nSPS) is 10.0. The van der Waals surface area contributed by atoms with Crippen molar-refractivity contribution in [2.75, 3.05) is 32.8 Å². The van der Waals surface area contributed by atoms with Gasteiger partial charge in [0.15, 0.2) is 18.1 Å². The summed E-state index contributed by atoms with van der Waals surface area (Å²) in [5, 5.41) is 13.9. The van der Waals surface area contributed by atoms with Crippen LogP contribution < -0.4 is 19.5 Å². The van der Waals surface area contributed by atoms with Crippen LogP contribution in [-0.4, -0.2) is 44.2 Å². The van der Waals surface area contributed by atoms with Gasteiger partial charge in [-0.25, -0.2) is 4.79 Å². The van der Waals surface area contributed by atoms with Crippen molar-refractivity contribution in [1.29, 1.82) is 0 Å². The van der Waals surface area contributed by atoms with Crippen LogP contribution >= 0.6 is 0 Å². The first kappa shape index (κ1) is 21.5. The number of nitrogens with zero attached hydrogens (tertiary/aromatic N) is 1. The number of carbonyl (C=O) groups excluding carboxylic acids is 2. The predicted octanol–water partition coefficient (Wildman–Crippen LogP) is 2.81. The van der Waals surface area contributed by atoms with Crippen molar-refractivity contribution in [3.63, 3.8) is 0 Å². The van der Waals surface area contributed by atoms with Crippen molar-refractivity contribution in [1.82, 2.24) is 0 Å². The fourth-order valence-corrected chi connectivity index (χ4v) is 2.41. The summed E-state index contributed by atoms with van der Waals surface area (Å²) in [5.74, 6) is -0.624. The number of ether oxygens (including phenoxy) is 4. The molecular formula is C19H20N2O8. The third-order valence-electron chi connectivity index (χ3n) is 3.70. The second-order valence-electron chi connectivity index (χ2n) is 5.56. The standard InChI is InChI=1S/C19H20N2O8/c1-4-28-18(22)11-29-13-7-5-6-12(8-13)20-19(23)14-9-16(26-2)17(27-3)10-15(14)21(24)25/h5-10H,4,11H2,1-3H3,(H,20,23). The molecule has 2 aromatic rings. The molecule has 0 aromatic heterocycles. The van der Waals surface area contributed by atoms with Gasteiger partial charge in [-0.1, -0.05) is 6.07 Å². The molecule has 2 rings (SSSR count). The van der Waals surface area contributed by atoms with E-state index in [9.17, 15) is 19.7 Å². The third-order valence-corrected chi connectivity index (χ3v) is 3.70. The topological polar surface area (TPSA) is 126 Å². The van der Waals surface area contributed by atoms with Crippen LogP contribution in [0, 0.1) is 10.1 Å². The number of carbonyl (C=O) groups is 2. The number of nitro benzene ring substituents is 1. The summed E-state index contributed by atoms with van der Waals surface area (Å²) >= 11 is 0. The van der Waals surface area contributed by atoms with Gasteiger partial charge in [0.1, 0.15) is 11.3 Å². The number of nitro groups is 1. The Hall–Kier alpha value is -3.82. The van der Waals surface area contributed by atoms with Crippen LogP contribution in [0.4, 0.5) is 11.4 Å². The van der Waals surface area contributed by atoms with Gasteiger partial charge in [0.2, 0.25) is 0 Å². The highest BCUT2D eigenvalue weighted by Gasteiger charge is 2.24. The molecule has 1 amide bonds. The molecule has 0 aliphatic carbocycles. The minimum Gasteiger partial charge on any atom is -0.493 e. The zero-order chi connectivity index (χ0) is 21.4. The zero-order valence-electron chi connectivity index (χ0n) is 16.1. The zero-order valence-corrected chi connectivity index (χ0v) is 16.1. The Kier molecular flexibility index (Phi) is 7.35. The number of esters is 1. The summed E-state index contributed by atoms with van der Waals surface area (Å²) in [4.78, 5) is 34.7. The van der Waals surface area contributed by atoms with Crippen LogP contribution in [-0.2, 0) is 9.53 Å². The van der Waals surface area contributed by atoms with Crippen LogP contribution in [0.2, 0.25) is 0 Å². The molecular weight excluding hydrogens is 384 g/mol. The van der Waals surface area contributed by atoms with E-state index < -0.39 is 22.5 Å². The summed E-state index contributed by atoms with van der Waals surface area (Å²) in [5.41, 5.74) is -0.319. The lowest BCUT2D eigenvalue weighted by Gasteiger charge is -2.12. The predicted molar refractivity (Wildman–Crippen MR) is 103 cm³/mol. The van der Waals surface area contributed by atoms with E-state index in [4.69, 9.17) is 18.9 Å². The molecule has 0 fully saturated rings. The van der Waals surface area contributed by atoms with Gasteiger partial charge >= 0.3 is 5.97 Å².